The normalized spacial score (nSPS) is 16.5. The minimum absolute atomic E-state index is 0.0940. The number of aromatic nitrogens is 1. The number of rotatable bonds is 7. The number of nitrogens with zero attached hydrogens (tertiary/aromatic N) is 1. The van der Waals surface area contributed by atoms with Gasteiger partial charge in [0.05, 0.1) is 0 Å². The summed E-state index contributed by atoms with van der Waals surface area (Å²) in [6, 6.07) is 14.4. The van der Waals surface area contributed by atoms with Gasteiger partial charge in [-0.25, -0.2) is 0 Å². The number of H-pyrrole nitrogens is 1. The van der Waals surface area contributed by atoms with E-state index in [9.17, 15) is 9.59 Å². The second-order valence-electron chi connectivity index (χ2n) is 10.7. The van der Waals surface area contributed by atoms with E-state index < -0.39 is 14.4 Å². The van der Waals surface area contributed by atoms with Gasteiger partial charge in [0.2, 0.25) is 5.91 Å². The Balaban J connectivity index is 1.46. The number of benzene rings is 2. The van der Waals surface area contributed by atoms with E-state index in [0.29, 0.717) is 30.3 Å². The molecule has 4 rings (SSSR count). The first-order chi connectivity index (χ1) is 16.5. The third-order valence-electron chi connectivity index (χ3n) is 7.20. The van der Waals surface area contributed by atoms with Gasteiger partial charge in [-0.1, -0.05) is 50.6 Å². The maximum absolute atomic E-state index is 13.5. The number of halogens is 1. The number of amides is 2. The van der Waals surface area contributed by atoms with E-state index in [1.807, 2.05) is 30.3 Å². The number of anilines is 1. The molecular formula is C27H34ClN3O3Si. The molecule has 2 amide bonds. The third-order valence-corrected chi connectivity index (χ3v) is 12.0. The molecule has 1 aliphatic rings. The lowest BCUT2D eigenvalue weighted by Crippen LogP contribution is -2.53. The first kappa shape index (κ1) is 25.5. The van der Waals surface area contributed by atoms with Crippen molar-refractivity contribution in [2.75, 3.05) is 18.1 Å². The summed E-state index contributed by atoms with van der Waals surface area (Å²) in [5, 5.41) is 4.55. The molecule has 2 N–H and O–H groups in total. The molecule has 1 unspecified atom stereocenters. The van der Waals surface area contributed by atoms with Crippen LogP contribution in [0.2, 0.25) is 23.2 Å². The van der Waals surface area contributed by atoms with E-state index >= 15 is 0 Å². The van der Waals surface area contributed by atoms with Gasteiger partial charge in [0.1, 0.15) is 11.7 Å². The Morgan fingerprint density at radius 1 is 1.20 bits per heavy atom. The molecule has 186 valence electrons. The lowest BCUT2D eigenvalue weighted by Gasteiger charge is -2.37. The van der Waals surface area contributed by atoms with Crippen LogP contribution in [0.15, 0.2) is 48.5 Å². The predicted octanol–water partition coefficient (Wildman–Crippen LogP) is 5.92. The van der Waals surface area contributed by atoms with Crippen molar-refractivity contribution < 1.29 is 14.0 Å². The Labute approximate surface area is 213 Å². The molecule has 0 radical (unpaired) electrons. The van der Waals surface area contributed by atoms with E-state index in [1.54, 1.807) is 23.1 Å². The second-order valence-corrected chi connectivity index (χ2v) is 16.0. The summed E-state index contributed by atoms with van der Waals surface area (Å²) >= 11 is 6.07. The standard InChI is InChI=1S/C27H34ClN3O3Si/c1-27(2,3)35(4,5)34-14-8-13-31-24-10-7-6-9-18(24)16-23(26(31)33)30-25(32)22-17-19-15-20(28)11-12-21(19)29-22/h6-7,9-12,15,17,23,29H,8,13-14,16H2,1-5H3,(H,30,32). The van der Waals surface area contributed by atoms with Crippen LogP contribution in [0, 0.1) is 0 Å². The van der Waals surface area contributed by atoms with Crippen LogP contribution in [-0.4, -0.2) is 44.3 Å². The van der Waals surface area contributed by atoms with Crippen LogP contribution in [-0.2, 0) is 15.6 Å². The van der Waals surface area contributed by atoms with Crippen LogP contribution < -0.4 is 10.2 Å². The number of carbonyl (C=O) groups excluding carboxylic acids is 2. The van der Waals surface area contributed by atoms with Crippen molar-refractivity contribution in [2.24, 2.45) is 0 Å². The van der Waals surface area contributed by atoms with Gasteiger partial charge in [0, 0.05) is 41.2 Å². The highest BCUT2D eigenvalue weighted by molar-refractivity contribution is 6.74. The lowest BCUT2D eigenvalue weighted by molar-refractivity contribution is -0.120. The number of carbonyl (C=O) groups is 2. The molecule has 0 spiro atoms. The van der Waals surface area contributed by atoms with Crippen LogP contribution in [0.3, 0.4) is 0 Å². The Bertz CT molecular complexity index is 1250. The molecule has 8 heteroatoms. The highest BCUT2D eigenvalue weighted by Crippen LogP contribution is 2.36. The molecule has 0 bridgehead atoms. The summed E-state index contributed by atoms with van der Waals surface area (Å²) in [6.07, 6.45) is 1.19. The molecule has 35 heavy (non-hydrogen) atoms. The fraction of sp³-hybridized carbons (Fsp3) is 0.407. The maximum Gasteiger partial charge on any atom is 0.268 e. The zero-order valence-electron chi connectivity index (χ0n) is 21.1. The summed E-state index contributed by atoms with van der Waals surface area (Å²) in [7, 11) is -1.84. The van der Waals surface area contributed by atoms with Crippen molar-refractivity contribution in [3.05, 3.63) is 64.8 Å². The molecule has 0 saturated carbocycles. The largest absolute Gasteiger partial charge is 0.417 e. The molecule has 0 aliphatic carbocycles. The number of para-hydroxylation sites is 1. The number of aromatic amines is 1. The van der Waals surface area contributed by atoms with Crippen LogP contribution in [0.25, 0.3) is 10.9 Å². The highest BCUT2D eigenvalue weighted by Gasteiger charge is 2.37. The van der Waals surface area contributed by atoms with Gasteiger partial charge >= 0.3 is 0 Å². The van der Waals surface area contributed by atoms with E-state index in [1.165, 1.54) is 0 Å². The third kappa shape index (κ3) is 5.47. The SMILES string of the molecule is CC(C)(C)[Si](C)(C)OCCCN1C(=O)C(NC(=O)c2cc3cc(Cl)ccc3[nH]2)Cc2ccccc21. The molecule has 3 aromatic rings. The smallest absolute Gasteiger partial charge is 0.268 e. The molecule has 1 aromatic heterocycles. The Morgan fingerprint density at radius 2 is 1.94 bits per heavy atom. The van der Waals surface area contributed by atoms with Crippen LogP contribution in [0.4, 0.5) is 5.69 Å². The minimum Gasteiger partial charge on any atom is -0.417 e. The predicted molar refractivity (Wildman–Crippen MR) is 145 cm³/mol. The molecular weight excluding hydrogens is 478 g/mol. The number of hydrogen-bond donors (Lipinski definition) is 2. The van der Waals surface area contributed by atoms with Gasteiger partial charge in [0.15, 0.2) is 8.32 Å². The molecule has 1 aliphatic heterocycles. The Hall–Kier alpha value is -2.61. The first-order valence-electron chi connectivity index (χ1n) is 12.1. The lowest BCUT2D eigenvalue weighted by atomic mass is 9.96. The monoisotopic (exact) mass is 511 g/mol. The van der Waals surface area contributed by atoms with Crippen LogP contribution in [0.5, 0.6) is 0 Å². The van der Waals surface area contributed by atoms with Gasteiger partial charge in [-0.15, -0.1) is 0 Å². The molecule has 2 aromatic carbocycles. The summed E-state index contributed by atoms with van der Waals surface area (Å²) in [4.78, 5) is 31.4. The summed E-state index contributed by atoms with van der Waals surface area (Å²) in [6.45, 7) is 12.3. The zero-order chi connectivity index (χ0) is 25.4. The topological polar surface area (TPSA) is 74.4 Å². The van der Waals surface area contributed by atoms with Gasteiger partial charge in [0.25, 0.3) is 5.91 Å². The summed E-state index contributed by atoms with van der Waals surface area (Å²) < 4.78 is 6.31. The molecule has 0 saturated heterocycles. The van der Waals surface area contributed by atoms with Crippen molar-refractivity contribution in [2.45, 2.75) is 57.8 Å². The van der Waals surface area contributed by atoms with Crippen molar-refractivity contribution in [1.29, 1.82) is 0 Å². The van der Waals surface area contributed by atoms with Crippen molar-refractivity contribution >= 4 is 48.3 Å². The molecule has 0 fully saturated rings. The maximum atomic E-state index is 13.5. The molecule has 2 heterocycles. The van der Waals surface area contributed by atoms with Crippen LogP contribution >= 0.6 is 11.6 Å². The zero-order valence-corrected chi connectivity index (χ0v) is 22.8. The fourth-order valence-corrected chi connectivity index (χ4v) is 5.40. The highest BCUT2D eigenvalue weighted by atomic mass is 35.5. The van der Waals surface area contributed by atoms with Crippen molar-refractivity contribution in [1.82, 2.24) is 10.3 Å². The number of hydrogen-bond acceptors (Lipinski definition) is 3. The molecule has 6 nitrogen and oxygen atoms in total. The fourth-order valence-electron chi connectivity index (χ4n) is 4.13. The van der Waals surface area contributed by atoms with Crippen molar-refractivity contribution in [3.63, 3.8) is 0 Å². The Morgan fingerprint density at radius 3 is 2.69 bits per heavy atom. The van der Waals surface area contributed by atoms with E-state index in [4.69, 9.17) is 16.0 Å². The van der Waals surface area contributed by atoms with E-state index in [2.05, 4.69) is 44.2 Å². The number of nitrogens with one attached hydrogen (secondary N) is 2. The van der Waals surface area contributed by atoms with Gasteiger partial charge < -0.3 is 19.6 Å². The first-order valence-corrected chi connectivity index (χ1v) is 15.4. The average Bonchev–Trinajstić information content (AvgIpc) is 3.21. The summed E-state index contributed by atoms with van der Waals surface area (Å²) in [5.74, 6) is -0.403. The van der Waals surface area contributed by atoms with Gasteiger partial charge in [-0.3, -0.25) is 9.59 Å². The quantitative estimate of drug-likeness (QED) is 0.305. The Kier molecular flexibility index (Phi) is 7.13. The van der Waals surface area contributed by atoms with E-state index in [0.717, 1.165) is 28.6 Å². The van der Waals surface area contributed by atoms with Gasteiger partial charge in [-0.05, 0) is 60.4 Å². The van der Waals surface area contributed by atoms with Crippen LogP contribution in [0.1, 0.15) is 43.2 Å². The number of fused-ring (bicyclic) bond motifs is 2. The van der Waals surface area contributed by atoms with Crippen molar-refractivity contribution in [3.8, 4) is 0 Å². The second kappa shape index (κ2) is 9.80. The minimum atomic E-state index is -1.84. The van der Waals surface area contributed by atoms with E-state index in [-0.39, 0.29) is 16.9 Å². The average molecular weight is 512 g/mol. The van der Waals surface area contributed by atoms with Gasteiger partial charge in [-0.2, -0.15) is 0 Å². The summed E-state index contributed by atoms with van der Waals surface area (Å²) in [5.41, 5.74) is 3.19. The molecule has 1 atom stereocenters.